The first-order valence-corrected chi connectivity index (χ1v) is 3.03. The summed E-state index contributed by atoms with van der Waals surface area (Å²) in [6.07, 6.45) is 1.39. The van der Waals surface area contributed by atoms with Crippen LogP contribution in [-0.2, 0) is 16.8 Å². The maximum Gasteiger partial charge on any atom is 2.00 e. The maximum absolute atomic E-state index is 10.2. The quantitative estimate of drug-likeness (QED) is 0.438. The number of hydrogen-bond acceptors (Lipinski definition) is 2. The molecule has 0 saturated heterocycles. The molecule has 0 aliphatic carbocycles. The van der Waals surface area contributed by atoms with Crippen molar-refractivity contribution in [1.82, 2.24) is 0 Å². The molecule has 0 bridgehead atoms. The zero-order valence-corrected chi connectivity index (χ0v) is 8.10. The molecule has 1 aromatic rings. The fraction of sp³-hybridized carbons (Fsp3) is 0. The summed E-state index contributed by atoms with van der Waals surface area (Å²) < 4.78 is 0. The van der Waals surface area contributed by atoms with E-state index >= 15 is 0 Å². The first-order valence-electron chi connectivity index (χ1n) is 3.03. The molecule has 0 atom stereocenters. The van der Waals surface area contributed by atoms with E-state index in [2.05, 4.69) is 0 Å². The van der Waals surface area contributed by atoms with E-state index in [-0.39, 0.29) is 29.9 Å². The average Bonchev–Trinajstić information content (AvgIpc) is 2.05. The van der Waals surface area contributed by atoms with Gasteiger partial charge < -0.3 is 7.43 Å². The van der Waals surface area contributed by atoms with Crippen LogP contribution in [0.1, 0.15) is 5.56 Å². The minimum absolute atomic E-state index is 0. The molecular weight excluding hydrogens is 213 g/mol. The molecule has 0 aromatic heterocycles. The van der Waals surface area contributed by atoms with Crippen molar-refractivity contribution in [2.75, 3.05) is 0 Å². The fourth-order valence-electron chi connectivity index (χ4n) is 0.707. The normalized spacial score (nSPS) is 7.69. The van der Waals surface area contributed by atoms with Gasteiger partial charge in [-0.25, -0.2) is 6.08 Å². The van der Waals surface area contributed by atoms with Crippen molar-refractivity contribution in [3.05, 3.63) is 53.9 Å². The molecule has 13 heavy (non-hydrogen) atoms. The summed E-state index contributed by atoms with van der Waals surface area (Å²) in [5, 5.41) is 10.2. The molecule has 1 radical (unpaired) electrons. The Morgan fingerprint density at radius 1 is 1.31 bits per heavy atom. The molecule has 1 rings (SSSR count). The molecule has 0 fully saturated rings. The third kappa shape index (κ3) is 3.87. The van der Waals surface area contributed by atoms with Gasteiger partial charge in [0.2, 0.25) is 0 Å². The van der Waals surface area contributed by atoms with Gasteiger partial charge in [0.15, 0.2) is 0 Å². The van der Waals surface area contributed by atoms with Crippen LogP contribution in [0.3, 0.4) is 0 Å². The molecule has 3 nitrogen and oxygen atoms in total. The largest absolute Gasteiger partial charge is 2.00 e. The van der Waals surface area contributed by atoms with E-state index in [0.29, 0.717) is 0 Å². The Kier molecular flexibility index (Phi) is 7.08. The van der Waals surface area contributed by atoms with Gasteiger partial charge in [0, 0.05) is 0 Å². The van der Waals surface area contributed by atoms with Crippen molar-refractivity contribution in [2.45, 2.75) is 0 Å². The van der Waals surface area contributed by atoms with Gasteiger partial charge in [-0.1, -0.05) is 0 Å². The second-order valence-electron chi connectivity index (χ2n) is 2.02. The molecular formula is C9H9CoNO2. The molecule has 0 saturated carbocycles. The second-order valence-corrected chi connectivity index (χ2v) is 2.02. The first-order chi connectivity index (χ1) is 5.24. The summed E-state index contributed by atoms with van der Waals surface area (Å²) in [6.45, 7) is 5.18. The Balaban J connectivity index is 0. The Bertz CT molecular complexity index is 282. The van der Waals surface area contributed by atoms with Crippen LogP contribution in [0.15, 0.2) is 24.3 Å². The van der Waals surface area contributed by atoms with Crippen molar-refractivity contribution < 1.29 is 21.7 Å². The topological polar surface area (TPSA) is 43.1 Å². The monoisotopic (exact) mass is 222 g/mol. The van der Waals surface area contributed by atoms with E-state index in [1.165, 1.54) is 18.2 Å². The van der Waals surface area contributed by atoms with Gasteiger partial charge in [0.05, 0.1) is 4.92 Å². The molecule has 1 aromatic carbocycles. The van der Waals surface area contributed by atoms with Gasteiger partial charge >= 0.3 is 16.8 Å². The predicted octanol–water partition coefficient (Wildman–Crippen LogP) is 2.49. The molecule has 4 heteroatoms. The number of rotatable bonds is 2. The zero-order chi connectivity index (χ0) is 8.27. The van der Waals surface area contributed by atoms with Gasteiger partial charge in [-0.2, -0.15) is 5.56 Å². The summed E-state index contributed by atoms with van der Waals surface area (Å²) in [4.78, 5) is 9.72. The number of nitro groups is 1. The number of non-ortho nitro benzene ring substituents is 1. The average molecular weight is 222 g/mol. The van der Waals surface area contributed by atoms with Crippen molar-refractivity contribution in [1.29, 1.82) is 0 Å². The minimum atomic E-state index is -0.444. The number of nitrogens with zero attached hydrogens (tertiary/aromatic N) is 1. The molecule has 0 aliphatic heterocycles. The number of hydrogen-bond donors (Lipinski definition) is 0. The zero-order valence-electron chi connectivity index (χ0n) is 7.06. The van der Waals surface area contributed by atoms with E-state index in [0.717, 1.165) is 5.56 Å². The SMILES string of the molecule is [CH-]=Cc1ccc([N+](=O)[O-])cc1.[CH3-].[Co+2]. The van der Waals surface area contributed by atoms with Crippen LogP contribution in [0.5, 0.6) is 0 Å². The van der Waals surface area contributed by atoms with Crippen molar-refractivity contribution >= 4 is 11.8 Å². The third-order valence-corrected chi connectivity index (χ3v) is 1.30. The molecule has 0 amide bonds. The Morgan fingerprint density at radius 2 is 1.77 bits per heavy atom. The fourth-order valence-corrected chi connectivity index (χ4v) is 0.707. The van der Waals surface area contributed by atoms with E-state index < -0.39 is 4.92 Å². The van der Waals surface area contributed by atoms with Crippen LogP contribution < -0.4 is 0 Å². The first kappa shape index (κ1) is 14.4. The van der Waals surface area contributed by atoms with E-state index in [4.69, 9.17) is 6.58 Å². The minimum Gasteiger partial charge on any atom is -0.358 e. The van der Waals surface area contributed by atoms with Crippen LogP contribution in [-0.4, -0.2) is 4.92 Å². The summed E-state index contributed by atoms with van der Waals surface area (Å²) in [7, 11) is 0. The van der Waals surface area contributed by atoms with Crippen molar-refractivity contribution in [2.24, 2.45) is 0 Å². The maximum atomic E-state index is 10.2. The van der Waals surface area contributed by atoms with Crippen LogP contribution >= 0.6 is 0 Å². The van der Waals surface area contributed by atoms with Crippen LogP contribution in [0, 0.1) is 24.1 Å². The van der Waals surface area contributed by atoms with E-state index in [1.54, 1.807) is 12.1 Å². The van der Waals surface area contributed by atoms with Crippen molar-refractivity contribution in [3.63, 3.8) is 0 Å². The van der Waals surface area contributed by atoms with E-state index in [9.17, 15) is 10.1 Å². The van der Waals surface area contributed by atoms with Crippen LogP contribution in [0.4, 0.5) is 5.69 Å². The molecule has 0 aliphatic rings. The molecule has 0 spiro atoms. The Morgan fingerprint density at radius 3 is 2.08 bits per heavy atom. The van der Waals surface area contributed by atoms with Gasteiger partial charge in [-0.05, 0) is 12.1 Å². The van der Waals surface area contributed by atoms with Crippen LogP contribution in [0.2, 0.25) is 0 Å². The summed E-state index contributed by atoms with van der Waals surface area (Å²) in [6, 6.07) is 6.02. The van der Waals surface area contributed by atoms with Crippen molar-refractivity contribution in [3.8, 4) is 0 Å². The number of benzene rings is 1. The van der Waals surface area contributed by atoms with Crippen LogP contribution in [0.25, 0.3) is 6.08 Å². The summed E-state index contributed by atoms with van der Waals surface area (Å²) in [5.74, 6) is 0. The molecule has 0 unspecified atom stereocenters. The van der Waals surface area contributed by atoms with Gasteiger partial charge in [-0.15, -0.1) is 12.1 Å². The third-order valence-electron chi connectivity index (χ3n) is 1.30. The second kappa shape index (κ2) is 6.39. The molecule has 71 valence electrons. The predicted molar refractivity (Wildman–Crippen MR) is 48.3 cm³/mol. The smallest absolute Gasteiger partial charge is 0.358 e. The molecule has 0 N–H and O–H groups in total. The standard InChI is InChI=1S/C8H6NO2.CH3.Co/c1-2-7-3-5-8(6-4-7)9(10)11;;/h1-6H;1H3;/q2*-1;+2. The summed E-state index contributed by atoms with van der Waals surface area (Å²) >= 11 is 0. The number of nitro benzene ring substituents is 1. The van der Waals surface area contributed by atoms with Gasteiger partial charge in [0.25, 0.3) is 5.69 Å². The molecule has 0 heterocycles. The van der Waals surface area contributed by atoms with E-state index in [1.807, 2.05) is 0 Å². The Hall–Kier alpha value is -1.13. The summed E-state index contributed by atoms with van der Waals surface area (Å²) in [5.41, 5.74) is 0.853. The van der Waals surface area contributed by atoms with Gasteiger partial charge in [0.1, 0.15) is 0 Å². The van der Waals surface area contributed by atoms with Gasteiger partial charge in [-0.3, -0.25) is 16.7 Å². The Labute approximate surface area is 87.8 Å².